The van der Waals surface area contributed by atoms with Crippen molar-refractivity contribution in [3.8, 4) is 0 Å². The Kier molecular flexibility index (Phi) is 2.46. The van der Waals surface area contributed by atoms with Gasteiger partial charge in [0.25, 0.3) is 0 Å². The fourth-order valence-corrected chi connectivity index (χ4v) is 1.02. The lowest BCUT2D eigenvalue weighted by Gasteiger charge is -2.00. The summed E-state index contributed by atoms with van der Waals surface area (Å²) in [7, 11) is 2.92. The molecule has 0 radical (unpaired) electrons. The van der Waals surface area contributed by atoms with E-state index in [-0.39, 0.29) is 12.0 Å². The Labute approximate surface area is 65.2 Å². The molecule has 1 aliphatic heterocycles. The molecule has 0 unspecified atom stereocenters. The van der Waals surface area contributed by atoms with Gasteiger partial charge in [-0.3, -0.25) is 0 Å². The minimum Gasteiger partial charge on any atom is -0.484 e. The van der Waals surface area contributed by atoms with Crippen molar-refractivity contribution in [1.82, 2.24) is 0 Å². The average Bonchev–Trinajstić information content (AvgIpc) is 2.50. The lowest BCUT2D eigenvalue weighted by molar-refractivity contribution is -0.141. The summed E-state index contributed by atoms with van der Waals surface area (Å²) in [6.07, 6.45) is 1.44. The highest BCUT2D eigenvalue weighted by molar-refractivity contribution is 5.86. The zero-order chi connectivity index (χ0) is 8.27. The Morgan fingerprint density at radius 2 is 2.36 bits per heavy atom. The summed E-state index contributed by atoms with van der Waals surface area (Å²) in [6.45, 7) is 0. The first-order valence-corrected chi connectivity index (χ1v) is 3.46. The van der Waals surface area contributed by atoms with Crippen LogP contribution >= 0.6 is 0 Å². The summed E-state index contributed by atoms with van der Waals surface area (Å²) in [5.41, 5.74) is 0. The van der Waals surface area contributed by atoms with Gasteiger partial charge >= 0.3 is 5.97 Å². The number of rotatable bonds is 1. The molecule has 0 saturated heterocycles. The van der Waals surface area contributed by atoms with Crippen LogP contribution in [-0.4, -0.2) is 32.1 Å². The molecule has 62 valence electrons. The molecule has 0 aromatic heterocycles. The van der Waals surface area contributed by atoms with Crippen LogP contribution in [0.15, 0.2) is 4.99 Å². The average molecular weight is 157 g/mol. The van der Waals surface area contributed by atoms with Crippen molar-refractivity contribution in [2.75, 3.05) is 14.2 Å². The van der Waals surface area contributed by atoms with Crippen LogP contribution in [0.1, 0.15) is 12.8 Å². The number of carbonyl (C=O) groups excluding carboxylic acids is 1. The van der Waals surface area contributed by atoms with Gasteiger partial charge in [-0.05, 0) is 6.42 Å². The van der Waals surface area contributed by atoms with Gasteiger partial charge < -0.3 is 9.47 Å². The molecule has 4 heteroatoms. The van der Waals surface area contributed by atoms with E-state index >= 15 is 0 Å². The minimum atomic E-state index is -0.338. The summed E-state index contributed by atoms with van der Waals surface area (Å²) >= 11 is 0. The fourth-order valence-electron chi connectivity index (χ4n) is 1.02. The third-order valence-corrected chi connectivity index (χ3v) is 1.64. The highest BCUT2D eigenvalue weighted by atomic mass is 16.5. The Bertz CT molecular complexity index is 188. The van der Waals surface area contributed by atoms with Crippen LogP contribution in [0.4, 0.5) is 0 Å². The predicted molar refractivity (Wildman–Crippen MR) is 39.5 cm³/mol. The molecule has 0 fully saturated rings. The molecule has 0 amide bonds. The second-order valence-electron chi connectivity index (χ2n) is 2.30. The van der Waals surface area contributed by atoms with E-state index in [4.69, 9.17) is 4.74 Å². The van der Waals surface area contributed by atoms with E-state index in [9.17, 15) is 4.79 Å². The van der Waals surface area contributed by atoms with Crippen molar-refractivity contribution >= 4 is 11.9 Å². The second-order valence-corrected chi connectivity index (χ2v) is 2.30. The molecule has 0 saturated carbocycles. The molecule has 11 heavy (non-hydrogen) atoms. The van der Waals surface area contributed by atoms with Gasteiger partial charge in [-0.15, -0.1) is 0 Å². The van der Waals surface area contributed by atoms with Crippen LogP contribution in [0.25, 0.3) is 0 Å². The summed E-state index contributed by atoms with van der Waals surface area (Å²) < 4.78 is 9.40. The summed E-state index contributed by atoms with van der Waals surface area (Å²) in [6, 6.07) is -0.338. The van der Waals surface area contributed by atoms with Gasteiger partial charge in [0.2, 0.25) is 0 Å². The predicted octanol–water partition coefficient (Wildman–Crippen LogP) is 0.367. The zero-order valence-corrected chi connectivity index (χ0v) is 6.66. The highest BCUT2D eigenvalue weighted by Crippen LogP contribution is 2.14. The summed E-state index contributed by atoms with van der Waals surface area (Å²) in [5, 5.41) is 0. The van der Waals surface area contributed by atoms with E-state index in [0.29, 0.717) is 12.3 Å². The van der Waals surface area contributed by atoms with E-state index in [2.05, 4.69) is 9.73 Å². The lowest BCUT2D eigenvalue weighted by Crippen LogP contribution is -2.16. The van der Waals surface area contributed by atoms with Crippen LogP contribution in [0.2, 0.25) is 0 Å². The van der Waals surface area contributed by atoms with Crippen molar-refractivity contribution in [3.05, 3.63) is 0 Å². The molecule has 1 aliphatic rings. The van der Waals surface area contributed by atoms with Crippen LogP contribution < -0.4 is 0 Å². The van der Waals surface area contributed by atoms with E-state index in [1.807, 2.05) is 0 Å². The SMILES string of the molecule is COC(=O)[C@H]1CCC(OC)=N1. The number of hydrogen-bond donors (Lipinski definition) is 0. The molecule has 0 aromatic carbocycles. The molecule has 0 N–H and O–H groups in total. The smallest absolute Gasteiger partial charge is 0.330 e. The molecule has 1 heterocycles. The normalized spacial score (nSPS) is 22.7. The van der Waals surface area contributed by atoms with Crippen LogP contribution in [0.5, 0.6) is 0 Å². The van der Waals surface area contributed by atoms with Gasteiger partial charge in [-0.1, -0.05) is 0 Å². The number of methoxy groups -OCH3 is 2. The zero-order valence-electron chi connectivity index (χ0n) is 6.66. The number of carbonyl (C=O) groups is 1. The van der Waals surface area contributed by atoms with E-state index in [0.717, 1.165) is 6.42 Å². The lowest BCUT2D eigenvalue weighted by atomic mass is 10.2. The van der Waals surface area contributed by atoms with Gasteiger partial charge in [0.1, 0.15) is 0 Å². The van der Waals surface area contributed by atoms with Crippen LogP contribution in [-0.2, 0) is 14.3 Å². The quantitative estimate of drug-likeness (QED) is 0.516. The largest absolute Gasteiger partial charge is 0.484 e. The first-order valence-electron chi connectivity index (χ1n) is 3.46. The maximum Gasteiger partial charge on any atom is 0.330 e. The summed E-state index contributed by atoms with van der Waals surface area (Å²) in [4.78, 5) is 14.9. The van der Waals surface area contributed by atoms with Crippen molar-refractivity contribution in [1.29, 1.82) is 0 Å². The van der Waals surface area contributed by atoms with E-state index < -0.39 is 0 Å². The van der Waals surface area contributed by atoms with Gasteiger partial charge in [-0.2, -0.15) is 0 Å². The topological polar surface area (TPSA) is 47.9 Å². The molecule has 0 bridgehead atoms. The van der Waals surface area contributed by atoms with Gasteiger partial charge in [-0.25, -0.2) is 9.79 Å². The minimum absolute atomic E-state index is 0.281. The van der Waals surface area contributed by atoms with Crippen molar-refractivity contribution in [2.45, 2.75) is 18.9 Å². The molecule has 0 spiro atoms. The highest BCUT2D eigenvalue weighted by Gasteiger charge is 2.25. The Hall–Kier alpha value is -1.06. The number of ether oxygens (including phenoxy) is 2. The number of nitrogens with zero attached hydrogens (tertiary/aromatic N) is 1. The fraction of sp³-hybridized carbons (Fsp3) is 0.714. The maximum atomic E-state index is 10.9. The molecule has 0 aromatic rings. The number of hydrogen-bond acceptors (Lipinski definition) is 4. The first-order chi connectivity index (χ1) is 5.27. The monoisotopic (exact) mass is 157 g/mol. The van der Waals surface area contributed by atoms with Crippen LogP contribution in [0, 0.1) is 0 Å². The maximum absolute atomic E-state index is 10.9. The Morgan fingerprint density at radius 1 is 1.64 bits per heavy atom. The van der Waals surface area contributed by atoms with E-state index in [1.54, 1.807) is 7.11 Å². The second kappa shape index (κ2) is 3.37. The van der Waals surface area contributed by atoms with Crippen molar-refractivity contribution in [3.63, 3.8) is 0 Å². The van der Waals surface area contributed by atoms with Gasteiger partial charge in [0.05, 0.1) is 14.2 Å². The van der Waals surface area contributed by atoms with Crippen molar-refractivity contribution < 1.29 is 14.3 Å². The Balaban J connectivity index is 2.52. The van der Waals surface area contributed by atoms with Gasteiger partial charge in [0, 0.05) is 6.42 Å². The number of esters is 1. The van der Waals surface area contributed by atoms with E-state index in [1.165, 1.54) is 7.11 Å². The summed E-state index contributed by atoms with van der Waals surface area (Å²) in [5.74, 6) is 0.359. The Morgan fingerprint density at radius 3 is 2.82 bits per heavy atom. The molecular weight excluding hydrogens is 146 g/mol. The first kappa shape index (κ1) is 8.04. The third kappa shape index (κ3) is 1.69. The number of aliphatic imine (C=N–C) groups is 1. The molecule has 1 rings (SSSR count). The third-order valence-electron chi connectivity index (χ3n) is 1.64. The molecule has 0 aliphatic carbocycles. The van der Waals surface area contributed by atoms with Gasteiger partial charge in [0.15, 0.2) is 11.9 Å². The van der Waals surface area contributed by atoms with Crippen LogP contribution in [0.3, 0.4) is 0 Å². The van der Waals surface area contributed by atoms with Crippen molar-refractivity contribution in [2.24, 2.45) is 4.99 Å². The molecular formula is C7H11NO3. The standard InChI is InChI=1S/C7H11NO3/c1-10-6-4-3-5(8-6)7(9)11-2/h5H,3-4H2,1-2H3/t5-/m1/s1. The molecule has 4 nitrogen and oxygen atoms in total. The molecule has 1 atom stereocenters.